The van der Waals surface area contributed by atoms with Crippen molar-refractivity contribution in [1.29, 1.82) is 0 Å². The van der Waals surface area contributed by atoms with Gasteiger partial charge in [-0.05, 0) is 37.3 Å². The Kier molecular flexibility index (Phi) is 7.51. The van der Waals surface area contributed by atoms with Gasteiger partial charge in [-0.1, -0.05) is 29.0 Å². The number of hydrogen-bond donors (Lipinski definition) is 1. The summed E-state index contributed by atoms with van der Waals surface area (Å²) in [7, 11) is -0.104. The van der Waals surface area contributed by atoms with Gasteiger partial charge < -0.3 is 19.2 Å². The first-order chi connectivity index (χ1) is 16.7. The van der Waals surface area contributed by atoms with Crippen molar-refractivity contribution in [2.45, 2.75) is 17.9 Å². The van der Waals surface area contributed by atoms with Gasteiger partial charge >= 0.3 is 0 Å². The molecule has 9 nitrogen and oxygen atoms in total. The van der Waals surface area contributed by atoms with E-state index in [1.54, 1.807) is 53.9 Å². The molecular weight excluding hydrogens is 490 g/mol. The molecule has 4 aromatic rings. The molecule has 0 spiro atoms. The Balaban J connectivity index is 1.41. The highest BCUT2D eigenvalue weighted by atomic mass is 32.2. The fourth-order valence-corrected chi connectivity index (χ4v) is 4.71. The van der Waals surface area contributed by atoms with Gasteiger partial charge in [0.2, 0.25) is 5.89 Å². The average molecular weight is 516 g/mol. The predicted molar refractivity (Wildman–Crippen MR) is 135 cm³/mol. The van der Waals surface area contributed by atoms with E-state index in [0.717, 1.165) is 15.6 Å². The summed E-state index contributed by atoms with van der Waals surface area (Å²) in [5.41, 5.74) is 2.06. The zero-order valence-corrected chi connectivity index (χ0v) is 21.0. The molecule has 1 N–H and O–H groups in total. The minimum absolute atomic E-state index is 0.0414. The van der Waals surface area contributed by atoms with E-state index >= 15 is 0 Å². The van der Waals surface area contributed by atoms with E-state index in [-0.39, 0.29) is 11.5 Å². The number of anilines is 1. The first kappa shape index (κ1) is 24.9. The van der Waals surface area contributed by atoms with Crippen LogP contribution in [0, 0.1) is 6.92 Å². The summed E-state index contributed by atoms with van der Waals surface area (Å²) in [6, 6.07) is 11.3. The van der Waals surface area contributed by atoms with Crippen molar-refractivity contribution in [3.8, 4) is 5.75 Å². The molecular formula is C24H25N3O6S2. The van der Waals surface area contributed by atoms with Gasteiger partial charge in [-0.15, -0.1) is 0 Å². The average Bonchev–Trinajstić information content (AvgIpc) is 3.47. The summed E-state index contributed by atoms with van der Waals surface area (Å²) < 4.78 is 41.4. The number of aryl methyl sites for hydroxylation is 1. The van der Waals surface area contributed by atoms with Crippen molar-refractivity contribution in [3.05, 3.63) is 65.0 Å². The zero-order chi connectivity index (χ0) is 25.0. The molecule has 0 aliphatic rings. The van der Waals surface area contributed by atoms with Crippen LogP contribution in [0.3, 0.4) is 0 Å². The second-order valence-electron chi connectivity index (χ2n) is 7.93. The van der Waals surface area contributed by atoms with E-state index in [0.29, 0.717) is 22.7 Å². The largest absolute Gasteiger partial charge is 0.485 e. The summed E-state index contributed by atoms with van der Waals surface area (Å²) in [5.74, 6) is 0.806. The minimum Gasteiger partial charge on any atom is -0.485 e. The van der Waals surface area contributed by atoms with Crippen LogP contribution in [0.15, 0.2) is 58.0 Å². The Hall–Kier alpha value is -3.25. The van der Waals surface area contributed by atoms with Crippen LogP contribution in [0.4, 0.5) is 5.13 Å². The van der Waals surface area contributed by atoms with E-state index in [2.05, 4.69) is 9.97 Å². The highest BCUT2D eigenvalue weighted by Gasteiger charge is 2.19. The summed E-state index contributed by atoms with van der Waals surface area (Å²) in [5, 5.41) is 10.6. The number of thiazole rings is 1. The van der Waals surface area contributed by atoms with Gasteiger partial charge in [0.25, 0.3) is 10.1 Å². The lowest BCUT2D eigenvalue weighted by Crippen LogP contribution is -2.28. The van der Waals surface area contributed by atoms with Crippen LogP contribution in [-0.4, -0.2) is 56.9 Å². The van der Waals surface area contributed by atoms with Gasteiger partial charge in [-0.2, -0.15) is 8.42 Å². The maximum atomic E-state index is 12.4. The maximum absolute atomic E-state index is 12.4. The summed E-state index contributed by atoms with van der Waals surface area (Å²) in [6.07, 6.45) is 4.52. The highest BCUT2D eigenvalue weighted by Crippen LogP contribution is 2.25. The van der Waals surface area contributed by atoms with Gasteiger partial charge in [0.15, 0.2) is 10.7 Å². The Morgan fingerprint density at radius 1 is 1.17 bits per heavy atom. The molecule has 35 heavy (non-hydrogen) atoms. The quantitative estimate of drug-likeness (QED) is 0.313. The van der Waals surface area contributed by atoms with E-state index in [1.165, 1.54) is 12.1 Å². The molecule has 2 heterocycles. The van der Waals surface area contributed by atoms with Crippen molar-refractivity contribution in [3.63, 3.8) is 0 Å². The molecule has 0 aliphatic heterocycles. The number of ether oxygens (including phenoxy) is 1. The molecule has 0 saturated heterocycles. The third kappa shape index (κ3) is 6.25. The van der Waals surface area contributed by atoms with E-state index in [9.17, 15) is 13.5 Å². The third-order valence-electron chi connectivity index (χ3n) is 4.89. The van der Waals surface area contributed by atoms with Gasteiger partial charge in [0.1, 0.15) is 24.0 Å². The van der Waals surface area contributed by atoms with Gasteiger partial charge in [-0.25, -0.2) is 9.97 Å². The van der Waals surface area contributed by atoms with Crippen LogP contribution in [0.1, 0.15) is 16.3 Å². The van der Waals surface area contributed by atoms with Gasteiger partial charge in [0.05, 0.1) is 11.5 Å². The number of hydrogen-bond acceptors (Lipinski definition) is 10. The molecule has 4 rings (SSSR count). The number of aliphatic hydroxyl groups is 1. The number of fused-ring (bicyclic) bond motifs is 1. The molecule has 0 radical (unpaired) electrons. The van der Waals surface area contributed by atoms with Crippen molar-refractivity contribution in [1.82, 2.24) is 9.97 Å². The molecule has 11 heteroatoms. The molecule has 2 aromatic carbocycles. The highest BCUT2D eigenvalue weighted by molar-refractivity contribution is 7.86. The Bertz CT molecular complexity index is 1430. The topological polar surface area (TPSA) is 115 Å². The van der Waals surface area contributed by atoms with Gasteiger partial charge in [-0.3, -0.25) is 4.18 Å². The lowest BCUT2D eigenvalue weighted by Gasteiger charge is -2.17. The van der Waals surface area contributed by atoms with Crippen molar-refractivity contribution in [2.75, 3.05) is 32.2 Å². The number of aromatic nitrogens is 2. The van der Waals surface area contributed by atoms with Crippen LogP contribution in [0.25, 0.3) is 23.3 Å². The number of nitrogens with zero attached hydrogens (tertiary/aromatic N) is 3. The molecule has 0 bridgehead atoms. The van der Waals surface area contributed by atoms with Gasteiger partial charge in [0, 0.05) is 37.3 Å². The first-order valence-corrected chi connectivity index (χ1v) is 12.9. The summed E-state index contributed by atoms with van der Waals surface area (Å²) in [6.45, 7) is 1.08. The van der Waals surface area contributed by atoms with Crippen LogP contribution in [0.2, 0.25) is 0 Å². The number of benzene rings is 2. The van der Waals surface area contributed by atoms with Crippen molar-refractivity contribution in [2.24, 2.45) is 0 Å². The number of oxazole rings is 1. The Morgan fingerprint density at radius 3 is 2.63 bits per heavy atom. The molecule has 0 fully saturated rings. The molecule has 1 unspecified atom stereocenters. The second kappa shape index (κ2) is 10.6. The smallest absolute Gasteiger partial charge is 0.297 e. The third-order valence-corrected chi connectivity index (χ3v) is 7.31. The molecule has 0 aliphatic carbocycles. The maximum Gasteiger partial charge on any atom is 0.297 e. The Labute approximate surface area is 207 Å². The van der Waals surface area contributed by atoms with Crippen LogP contribution >= 0.6 is 11.3 Å². The Morgan fingerprint density at radius 2 is 1.94 bits per heavy atom. The monoisotopic (exact) mass is 515 g/mol. The van der Waals surface area contributed by atoms with E-state index in [4.69, 9.17) is 13.3 Å². The minimum atomic E-state index is -3.97. The lowest BCUT2D eigenvalue weighted by atomic mass is 10.2. The SMILES string of the molecule is Cc1ccc(S(=O)(=O)OCC(CO)Oc2ccc3nc(C=Cc4cnc(N(C)C)s4)oc3c2)cc1. The molecule has 0 amide bonds. The molecule has 0 saturated carbocycles. The fourth-order valence-electron chi connectivity index (χ4n) is 3.04. The van der Waals surface area contributed by atoms with Crippen molar-refractivity contribution < 1.29 is 26.9 Å². The van der Waals surface area contributed by atoms with E-state index < -0.39 is 22.8 Å². The number of aliphatic hydroxyl groups excluding tert-OH is 1. The molecule has 1 atom stereocenters. The lowest BCUT2D eigenvalue weighted by molar-refractivity contribution is 0.0741. The second-order valence-corrected chi connectivity index (χ2v) is 10.6. The van der Waals surface area contributed by atoms with Crippen molar-refractivity contribution >= 4 is 49.8 Å². The first-order valence-electron chi connectivity index (χ1n) is 10.7. The van der Waals surface area contributed by atoms with Crippen LogP contribution in [0.5, 0.6) is 5.75 Å². The normalized spacial score (nSPS) is 12.9. The molecule has 184 valence electrons. The zero-order valence-electron chi connectivity index (χ0n) is 19.4. The molecule has 2 aromatic heterocycles. The predicted octanol–water partition coefficient (Wildman–Crippen LogP) is 3.97. The summed E-state index contributed by atoms with van der Waals surface area (Å²) >= 11 is 1.54. The van der Waals surface area contributed by atoms with Crippen LogP contribution in [-0.2, 0) is 14.3 Å². The summed E-state index contributed by atoms with van der Waals surface area (Å²) in [4.78, 5) is 11.7. The standard InChI is InChI=1S/C24H25N3O6S2/c1-16-4-8-20(9-5-16)35(29,30)31-15-18(14-28)32-17-6-10-21-22(12-17)33-23(26-21)11-7-19-13-25-24(34-19)27(2)3/h4-13,18,28H,14-15H2,1-3H3. The number of rotatable bonds is 10. The van der Waals surface area contributed by atoms with E-state index in [1.807, 2.05) is 32.0 Å². The fraction of sp³-hybridized carbons (Fsp3) is 0.250. The van der Waals surface area contributed by atoms with Crippen LogP contribution < -0.4 is 9.64 Å².